The summed E-state index contributed by atoms with van der Waals surface area (Å²) in [4.78, 5) is 26.0. The molecular formula is C29H43FN4O5S. The number of para-hydroxylation sites is 1. The zero-order chi connectivity index (χ0) is 30.3. The second-order valence-electron chi connectivity index (χ2n) is 11.6. The summed E-state index contributed by atoms with van der Waals surface area (Å²) >= 11 is 0. The Morgan fingerprint density at radius 1 is 1.05 bits per heavy atom. The molecule has 222 valence electrons. The Hall–Kier alpha value is -2.86. The summed E-state index contributed by atoms with van der Waals surface area (Å²) in [7, 11) is -3.54. The van der Waals surface area contributed by atoms with Crippen molar-refractivity contribution in [1.29, 1.82) is 0 Å². The van der Waals surface area contributed by atoms with Gasteiger partial charge in [-0.1, -0.05) is 65.0 Å². The van der Waals surface area contributed by atoms with Crippen molar-refractivity contribution in [1.82, 2.24) is 15.4 Å². The Morgan fingerprint density at radius 3 is 2.23 bits per heavy atom. The zero-order valence-electron chi connectivity index (χ0n) is 24.1. The van der Waals surface area contributed by atoms with Crippen LogP contribution >= 0.6 is 0 Å². The zero-order valence-corrected chi connectivity index (χ0v) is 24.9. The molecule has 6 N–H and O–H groups in total. The van der Waals surface area contributed by atoms with Crippen LogP contribution in [0.1, 0.15) is 51.3 Å². The number of carbonyl (C=O) groups excluding carboxylic acids is 2. The molecule has 3 unspecified atom stereocenters. The van der Waals surface area contributed by atoms with E-state index in [2.05, 4.69) is 15.4 Å². The number of halogens is 1. The SMILES string of the molecule is CC(C)C(NCC(=O)C(N)Cc1ccc(F)cc1)C(=O)NC(CNS(C)(=O)=O)Cc1cccc(C(C)(C)C)c1O. The summed E-state index contributed by atoms with van der Waals surface area (Å²) < 4.78 is 39.2. The van der Waals surface area contributed by atoms with Crippen molar-refractivity contribution in [3.63, 3.8) is 0 Å². The minimum Gasteiger partial charge on any atom is -0.507 e. The second kappa shape index (κ2) is 14.2. The normalized spacial score (nSPS) is 14.5. The van der Waals surface area contributed by atoms with Crippen LogP contribution in [-0.2, 0) is 37.9 Å². The molecule has 0 radical (unpaired) electrons. The molecule has 0 spiro atoms. The number of ketones is 1. The third kappa shape index (κ3) is 10.6. The van der Waals surface area contributed by atoms with E-state index in [-0.39, 0.29) is 54.6 Å². The van der Waals surface area contributed by atoms with E-state index < -0.39 is 34.1 Å². The molecule has 0 aliphatic heterocycles. The van der Waals surface area contributed by atoms with Gasteiger partial charge in [0.15, 0.2) is 5.78 Å². The fourth-order valence-electron chi connectivity index (χ4n) is 4.30. The van der Waals surface area contributed by atoms with Gasteiger partial charge in [-0.05, 0) is 53.0 Å². The maximum Gasteiger partial charge on any atom is 0.237 e. The van der Waals surface area contributed by atoms with Crippen molar-refractivity contribution < 1.29 is 27.5 Å². The minimum atomic E-state index is -3.54. The minimum absolute atomic E-state index is 0.0873. The van der Waals surface area contributed by atoms with E-state index in [1.54, 1.807) is 18.2 Å². The fraction of sp³-hybridized carbons (Fsp3) is 0.517. The Labute approximate surface area is 237 Å². The molecule has 9 nitrogen and oxygen atoms in total. The van der Waals surface area contributed by atoms with E-state index >= 15 is 0 Å². The van der Waals surface area contributed by atoms with Gasteiger partial charge >= 0.3 is 0 Å². The van der Waals surface area contributed by atoms with Crippen molar-refractivity contribution in [3.05, 3.63) is 65.0 Å². The van der Waals surface area contributed by atoms with Gasteiger partial charge in [0.1, 0.15) is 11.6 Å². The first kappa shape index (κ1) is 33.3. The van der Waals surface area contributed by atoms with Crippen LogP contribution in [0.2, 0.25) is 0 Å². The van der Waals surface area contributed by atoms with Crippen LogP contribution in [0.25, 0.3) is 0 Å². The van der Waals surface area contributed by atoms with E-state index in [0.717, 1.165) is 17.4 Å². The molecule has 11 heteroatoms. The molecule has 0 saturated heterocycles. The Morgan fingerprint density at radius 2 is 1.68 bits per heavy atom. The van der Waals surface area contributed by atoms with Crippen LogP contribution in [-0.4, -0.2) is 62.7 Å². The van der Waals surface area contributed by atoms with Crippen LogP contribution in [0.3, 0.4) is 0 Å². The van der Waals surface area contributed by atoms with Gasteiger partial charge in [-0.3, -0.25) is 14.9 Å². The van der Waals surface area contributed by atoms with Crippen LogP contribution < -0.4 is 21.1 Å². The molecular weight excluding hydrogens is 535 g/mol. The number of amides is 1. The van der Waals surface area contributed by atoms with Crippen molar-refractivity contribution >= 4 is 21.7 Å². The molecule has 40 heavy (non-hydrogen) atoms. The number of phenols is 1. The van der Waals surface area contributed by atoms with Gasteiger partial charge in [-0.25, -0.2) is 17.5 Å². The number of hydrogen-bond acceptors (Lipinski definition) is 7. The molecule has 2 aromatic carbocycles. The summed E-state index contributed by atoms with van der Waals surface area (Å²) in [6, 6.07) is 8.85. The Kier molecular flexibility index (Phi) is 11.8. The average Bonchev–Trinajstić information content (AvgIpc) is 2.83. The molecule has 0 aliphatic rings. The van der Waals surface area contributed by atoms with Crippen LogP contribution in [0, 0.1) is 11.7 Å². The van der Waals surface area contributed by atoms with Crippen LogP contribution in [0.5, 0.6) is 5.75 Å². The quantitative estimate of drug-likeness (QED) is 0.231. The van der Waals surface area contributed by atoms with Crippen molar-refractivity contribution in [2.75, 3.05) is 19.3 Å². The first-order chi connectivity index (χ1) is 18.5. The maximum absolute atomic E-state index is 13.3. The number of nitrogens with two attached hydrogens (primary N) is 1. The number of Topliss-reactive ketones (excluding diaryl/α,β-unsaturated/α-hetero) is 1. The van der Waals surface area contributed by atoms with Crippen molar-refractivity contribution in [3.8, 4) is 5.75 Å². The Balaban J connectivity index is 2.13. The summed E-state index contributed by atoms with van der Waals surface area (Å²) in [5.41, 5.74) is 7.77. The molecule has 0 aliphatic carbocycles. The third-order valence-corrected chi connectivity index (χ3v) is 7.25. The summed E-state index contributed by atoms with van der Waals surface area (Å²) in [6.07, 6.45) is 1.44. The number of sulfonamides is 1. The van der Waals surface area contributed by atoms with Crippen LogP contribution in [0.4, 0.5) is 4.39 Å². The van der Waals surface area contributed by atoms with Crippen molar-refractivity contribution in [2.24, 2.45) is 11.7 Å². The third-order valence-electron chi connectivity index (χ3n) is 6.56. The molecule has 0 heterocycles. The molecule has 2 rings (SSSR count). The van der Waals surface area contributed by atoms with E-state index in [9.17, 15) is 27.5 Å². The highest BCUT2D eigenvalue weighted by Gasteiger charge is 2.28. The number of carbonyl (C=O) groups is 2. The summed E-state index contributed by atoms with van der Waals surface area (Å²) in [5, 5.41) is 16.8. The second-order valence-corrected chi connectivity index (χ2v) is 13.4. The largest absolute Gasteiger partial charge is 0.507 e. The highest BCUT2D eigenvalue weighted by molar-refractivity contribution is 7.88. The first-order valence-corrected chi connectivity index (χ1v) is 15.2. The Bertz CT molecular complexity index is 1260. The predicted octanol–water partition coefficient (Wildman–Crippen LogP) is 2.16. The van der Waals surface area contributed by atoms with Gasteiger partial charge < -0.3 is 16.2 Å². The number of aromatic hydroxyl groups is 1. The lowest BCUT2D eigenvalue weighted by Gasteiger charge is -2.27. The summed E-state index contributed by atoms with van der Waals surface area (Å²) in [5.74, 6) is -1.20. The number of nitrogens with one attached hydrogen (secondary N) is 3. The van der Waals surface area contributed by atoms with Gasteiger partial charge in [0.2, 0.25) is 15.9 Å². The molecule has 1 amide bonds. The van der Waals surface area contributed by atoms with Gasteiger partial charge in [0, 0.05) is 12.6 Å². The van der Waals surface area contributed by atoms with Crippen LogP contribution in [0.15, 0.2) is 42.5 Å². The van der Waals surface area contributed by atoms with E-state index in [1.807, 2.05) is 46.8 Å². The average molecular weight is 579 g/mol. The topological polar surface area (TPSA) is 151 Å². The molecule has 0 aromatic heterocycles. The molecule has 0 fully saturated rings. The maximum atomic E-state index is 13.3. The smallest absolute Gasteiger partial charge is 0.237 e. The fourth-order valence-corrected chi connectivity index (χ4v) is 4.81. The number of phenolic OH excluding ortho intramolecular Hbond substituents is 1. The molecule has 0 bridgehead atoms. The lowest BCUT2D eigenvalue weighted by molar-refractivity contribution is -0.125. The number of rotatable bonds is 14. The monoisotopic (exact) mass is 578 g/mol. The first-order valence-electron chi connectivity index (χ1n) is 13.3. The van der Waals surface area contributed by atoms with Gasteiger partial charge in [-0.2, -0.15) is 0 Å². The van der Waals surface area contributed by atoms with Gasteiger partial charge in [-0.15, -0.1) is 0 Å². The van der Waals surface area contributed by atoms with E-state index in [1.165, 1.54) is 12.1 Å². The van der Waals surface area contributed by atoms with Gasteiger partial charge in [0.05, 0.1) is 24.9 Å². The predicted molar refractivity (Wildman–Crippen MR) is 155 cm³/mol. The van der Waals surface area contributed by atoms with E-state index in [0.29, 0.717) is 5.56 Å². The molecule has 0 saturated carbocycles. The number of benzene rings is 2. The lowest BCUT2D eigenvalue weighted by Crippen LogP contribution is -2.55. The molecule has 2 aromatic rings. The number of hydrogen-bond donors (Lipinski definition) is 5. The highest BCUT2D eigenvalue weighted by atomic mass is 32.2. The molecule has 3 atom stereocenters. The standard InChI is InChI=1S/C29H43FN4O5S/c1-18(2)26(32-17-25(35)24(31)14-19-10-12-21(30)13-11-19)28(37)34-22(16-33-40(6,38)39)15-20-8-7-9-23(27(20)36)29(3,4)5/h7-13,18,22,24,26,32-33,36H,14-17,31H2,1-6H3,(H,34,37). The van der Waals surface area contributed by atoms with Gasteiger partial charge in [0.25, 0.3) is 0 Å². The van der Waals surface area contributed by atoms with E-state index in [4.69, 9.17) is 5.73 Å². The lowest BCUT2D eigenvalue weighted by atomic mass is 9.84. The van der Waals surface area contributed by atoms with Crippen molar-refractivity contribution in [2.45, 2.75) is 71.0 Å². The summed E-state index contributed by atoms with van der Waals surface area (Å²) in [6.45, 7) is 9.33. The highest BCUT2D eigenvalue weighted by Crippen LogP contribution is 2.33.